The molecule has 14 heavy (non-hydrogen) atoms. The lowest BCUT2D eigenvalue weighted by Crippen LogP contribution is -2.21. The van der Waals surface area contributed by atoms with Gasteiger partial charge in [-0.2, -0.15) is 0 Å². The van der Waals surface area contributed by atoms with Crippen molar-refractivity contribution in [2.75, 3.05) is 26.3 Å². The van der Waals surface area contributed by atoms with Crippen molar-refractivity contribution >= 4 is 11.9 Å². The highest BCUT2D eigenvalue weighted by Gasteiger charge is 2.00. The first-order valence-corrected chi connectivity index (χ1v) is 3.51. The van der Waals surface area contributed by atoms with Gasteiger partial charge in [0.05, 0.1) is 13.2 Å². The van der Waals surface area contributed by atoms with E-state index in [1.165, 1.54) is 0 Å². The second-order valence-electron chi connectivity index (χ2n) is 1.87. The molecular weight excluding hydrogens is 196 g/mol. The zero-order valence-corrected chi connectivity index (χ0v) is 7.56. The Hall–Kier alpha value is -1.22. The van der Waals surface area contributed by atoms with E-state index in [1.807, 2.05) is 0 Å². The number of primary amides is 1. The average molecular weight is 212 g/mol. The number of carbonyl (C=O) groups excluding carboxylic acids is 1. The Bertz CT molecular complexity index is 135. The molecule has 8 heteroatoms. The smallest absolute Gasteiger partial charge is 0.394 e. The number of carbonyl (C=O) groups is 2. The van der Waals surface area contributed by atoms with E-state index in [-0.39, 0.29) is 18.7 Å². The zero-order valence-electron chi connectivity index (χ0n) is 7.56. The molecule has 0 heterocycles. The van der Waals surface area contributed by atoms with Crippen LogP contribution in [0, 0.1) is 0 Å². The van der Waals surface area contributed by atoms with Crippen LogP contribution in [0.2, 0.25) is 0 Å². The maximum absolute atomic E-state index is 9.32. The molecule has 0 atom stereocenters. The number of aliphatic hydroxyl groups is 2. The highest BCUT2D eigenvalue weighted by Crippen LogP contribution is 1.54. The number of rotatable bonds is 4. The Morgan fingerprint density at radius 2 is 1.43 bits per heavy atom. The number of nitrogens with two attached hydrogens (primary N) is 1. The van der Waals surface area contributed by atoms with E-state index in [0.29, 0.717) is 13.1 Å². The molecule has 0 spiro atoms. The van der Waals surface area contributed by atoms with Gasteiger partial charge in [-0.25, -0.2) is 4.79 Å². The lowest BCUT2D eigenvalue weighted by atomic mass is 10.6. The summed E-state index contributed by atoms with van der Waals surface area (Å²) in [6.45, 7) is 1.42. The van der Waals surface area contributed by atoms with Gasteiger partial charge in [-0.15, -0.1) is 0 Å². The quantitative estimate of drug-likeness (QED) is 0.237. The van der Waals surface area contributed by atoms with Gasteiger partial charge < -0.3 is 31.8 Å². The van der Waals surface area contributed by atoms with Crippen LogP contribution in [0.25, 0.3) is 0 Å². The van der Waals surface area contributed by atoms with E-state index in [9.17, 15) is 9.59 Å². The number of carboxylic acids is 1. The third-order valence-electron chi connectivity index (χ3n) is 0.788. The van der Waals surface area contributed by atoms with Gasteiger partial charge in [0.2, 0.25) is 0 Å². The topological polar surface area (TPSA) is 164 Å². The van der Waals surface area contributed by atoms with E-state index < -0.39 is 11.9 Å². The number of carboxylic acid groups (broad SMARTS) is 1. The third-order valence-corrected chi connectivity index (χ3v) is 0.788. The summed E-state index contributed by atoms with van der Waals surface area (Å²) in [5.74, 6) is -2.93. The molecule has 0 aromatic heterocycles. The maximum atomic E-state index is 9.32. The van der Waals surface area contributed by atoms with E-state index in [0.717, 1.165) is 0 Å². The standard InChI is InChI=1S/C4H11NO2.C2H3NO3.H2O/c6-3-1-5-2-4-7;3-1(4)2(5)6;/h5-7H,1-4H2;(H2,3,4)(H,5,6);1H2. The van der Waals surface area contributed by atoms with Crippen molar-refractivity contribution in [2.24, 2.45) is 5.73 Å². The van der Waals surface area contributed by atoms with Crippen molar-refractivity contribution < 1.29 is 30.4 Å². The van der Waals surface area contributed by atoms with Gasteiger partial charge in [0.1, 0.15) is 0 Å². The molecule has 0 rings (SSSR count). The Kier molecular flexibility index (Phi) is 19.0. The molecule has 0 unspecified atom stereocenters. The summed E-state index contributed by atoms with van der Waals surface area (Å²) in [5.41, 5.74) is 4.20. The second-order valence-corrected chi connectivity index (χ2v) is 1.87. The Morgan fingerprint density at radius 1 is 1.14 bits per heavy atom. The minimum atomic E-state index is -1.60. The molecule has 0 radical (unpaired) electrons. The Balaban J connectivity index is -0.000000163. The van der Waals surface area contributed by atoms with Crippen LogP contribution >= 0.6 is 0 Å². The van der Waals surface area contributed by atoms with Crippen LogP contribution in [0.15, 0.2) is 0 Å². The second kappa shape index (κ2) is 14.3. The molecule has 0 bridgehead atoms. The van der Waals surface area contributed by atoms with E-state index in [1.54, 1.807) is 0 Å². The molecule has 0 aliphatic carbocycles. The molecule has 0 fully saturated rings. The molecule has 0 aromatic rings. The summed E-state index contributed by atoms with van der Waals surface area (Å²) >= 11 is 0. The molecule has 0 aromatic carbocycles. The zero-order chi connectivity index (χ0) is 10.7. The van der Waals surface area contributed by atoms with Crippen LogP contribution in [0.5, 0.6) is 0 Å². The predicted molar refractivity (Wildman–Crippen MR) is 47.5 cm³/mol. The van der Waals surface area contributed by atoms with Crippen LogP contribution in [-0.2, 0) is 9.59 Å². The summed E-state index contributed by atoms with van der Waals surface area (Å²) in [6, 6.07) is 0. The third kappa shape index (κ3) is 22.4. The van der Waals surface area contributed by atoms with Crippen LogP contribution < -0.4 is 11.1 Å². The van der Waals surface area contributed by atoms with Gasteiger partial charge in [0.25, 0.3) is 0 Å². The largest absolute Gasteiger partial charge is 0.474 e. The minimum Gasteiger partial charge on any atom is -0.474 e. The first kappa shape index (κ1) is 18.5. The molecule has 0 aliphatic heterocycles. The lowest BCUT2D eigenvalue weighted by molar-refractivity contribution is -0.148. The predicted octanol–water partition coefficient (Wildman–Crippen LogP) is -3.71. The number of hydrogen-bond acceptors (Lipinski definition) is 5. The van der Waals surface area contributed by atoms with Crippen LogP contribution in [-0.4, -0.2) is 59.0 Å². The lowest BCUT2D eigenvalue weighted by Gasteiger charge is -1.94. The number of aliphatic hydroxyl groups excluding tert-OH is 2. The SMILES string of the molecule is NC(=O)C(=O)O.O.OCCNCCO. The normalized spacial score (nSPS) is 7.86. The molecule has 8 nitrogen and oxygen atoms in total. The molecule has 0 saturated heterocycles. The molecule has 8 N–H and O–H groups in total. The first-order chi connectivity index (χ1) is 6.06. The summed E-state index contributed by atoms with van der Waals surface area (Å²) in [4.78, 5) is 18.5. The Morgan fingerprint density at radius 3 is 1.57 bits per heavy atom. The van der Waals surface area contributed by atoms with Crippen molar-refractivity contribution in [3.63, 3.8) is 0 Å². The summed E-state index contributed by atoms with van der Waals surface area (Å²) in [6.07, 6.45) is 0. The Labute approximate surface area is 80.6 Å². The fourth-order valence-electron chi connectivity index (χ4n) is 0.283. The molecular formula is C6H16N2O6. The van der Waals surface area contributed by atoms with E-state index >= 15 is 0 Å². The number of aliphatic carboxylic acids is 1. The first-order valence-electron chi connectivity index (χ1n) is 3.51. The summed E-state index contributed by atoms with van der Waals surface area (Å²) in [7, 11) is 0. The van der Waals surface area contributed by atoms with Gasteiger partial charge in [-0.3, -0.25) is 4.79 Å². The van der Waals surface area contributed by atoms with Gasteiger partial charge in [0, 0.05) is 13.1 Å². The van der Waals surface area contributed by atoms with Crippen molar-refractivity contribution in [1.82, 2.24) is 5.32 Å². The van der Waals surface area contributed by atoms with Crippen molar-refractivity contribution in [1.29, 1.82) is 0 Å². The molecule has 0 saturated carbocycles. The van der Waals surface area contributed by atoms with E-state index in [4.69, 9.17) is 15.3 Å². The molecule has 1 amide bonds. The maximum Gasteiger partial charge on any atom is 0.394 e. The summed E-state index contributed by atoms with van der Waals surface area (Å²) in [5, 5.41) is 26.6. The van der Waals surface area contributed by atoms with Gasteiger partial charge >= 0.3 is 11.9 Å². The fourth-order valence-corrected chi connectivity index (χ4v) is 0.283. The van der Waals surface area contributed by atoms with Crippen LogP contribution in [0.1, 0.15) is 0 Å². The average Bonchev–Trinajstić information content (AvgIpc) is 2.06. The van der Waals surface area contributed by atoms with E-state index in [2.05, 4.69) is 11.1 Å². The van der Waals surface area contributed by atoms with Crippen LogP contribution in [0.3, 0.4) is 0 Å². The van der Waals surface area contributed by atoms with Crippen molar-refractivity contribution in [2.45, 2.75) is 0 Å². The van der Waals surface area contributed by atoms with Gasteiger partial charge in [-0.05, 0) is 0 Å². The van der Waals surface area contributed by atoms with Crippen molar-refractivity contribution in [3.05, 3.63) is 0 Å². The van der Waals surface area contributed by atoms with Crippen LogP contribution in [0.4, 0.5) is 0 Å². The highest BCUT2D eigenvalue weighted by molar-refractivity contribution is 6.30. The molecule has 86 valence electrons. The van der Waals surface area contributed by atoms with Gasteiger partial charge in [0.15, 0.2) is 0 Å². The number of amides is 1. The highest BCUT2D eigenvalue weighted by atomic mass is 16.4. The van der Waals surface area contributed by atoms with Crippen molar-refractivity contribution in [3.8, 4) is 0 Å². The molecule has 0 aliphatic rings. The van der Waals surface area contributed by atoms with Gasteiger partial charge in [-0.1, -0.05) is 0 Å². The fraction of sp³-hybridized carbons (Fsp3) is 0.667. The summed E-state index contributed by atoms with van der Waals surface area (Å²) < 4.78 is 0. The minimum absolute atomic E-state index is 0. The monoisotopic (exact) mass is 212 g/mol. The number of nitrogens with one attached hydrogen (secondary N) is 1. The number of hydrogen-bond donors (Lipinski definition) is 5.